The zero-order valence-corrected chi connectivity index (χ0v) is 13.5. The molecule has 0 bridgehead atoms. The quantitative estimate of drug-likeness (QED) is 0.642. The van der Waals surface area contributed by atoms with E-state index in [4.69, 9.17) is 15.2 Å². The molecule has 1 heterocycles. The minimum Gasteiger partial charge on any atom is -0.504 e. The minimum absolute atomic E-state index is 0.0815. The number of anilines is 3. The molecule has 5 N–H and O–H groups in total. The normalized spacial score (nSPS) is 10.1. The summed E-state index contributed by atoms with van der Waals surface area (Å²) in [5.41, 5.74) is 7.11. The third-order valence-corrected chi connectivity index (χ3v) is 3.15. The second-order valence-electron chi connectivity index (χ2n) is 4.83. The smallest absolute Gasteiger partial charge is 0.411 e. The number of nitrogens with one attached hydrogen (secondary N) is 2. The Kier molecular flexibility index (Phi) is 5.67. The van der Waals surface area contributed by atoms with Crippen molar-refractivity contribution in [1.82, 2.24) is 4.98 Å². The van der Waals surface area contributed by atoms with Crippen LogP contribution in [0.1, 0.15) is 12.5 Å². The van der Waals surface area contributed by atoms with Crippen LogP contribution in [0.15, 0.2) is 30.3 Å². The topological polar surface area (TPSA) is 119 Å². The van der Waals surface area contributed by atoms with Crippen LogP contribution in [-0.4, -0.2) is 29.9 Å². The summed E-state index contributed by atoms with van der Waals surface area (Å²) < 4.78 is 9.85. The van der Waals surface area contributed by atoms with Gasteiger partial charge >= 0.3 is 6.09 Å². The number of nitrogens with zero attached hydrogens (tertiary/aromatic N) is 1. The Balaban J connectivity index is 2.01. The van der Waals surface area contributed by atoms with Crippen molar-refractivity contribution < 1.29 is 19.4 Å². The number of phenols is 1. The Morgan fingerprint density at radius 2 is 2.12 bits per heavy atom. The first-order valence-corrected chi connectivity index (χ1v) is 7.33. The van der Waals surface area contributed by atoms with Gasteiger partial charge in [0.05, 0.1) is 19.4 Å². The fraction of sp³-hybridized carbons (Fsp3) is 0.250. The number of aromatic hydroxyl groups is 1. The second-order valence-corrected chi connectivity index (χ2v) is 4.83. The molecule has 8 nitrogen and oxygen atoms in total. The van der Waals surface area contributed by atoms with Crippen LogP contribution >= 0.6 is 0 Å². The number of nitrogens with two attached hydrogens (primary N) is 1. The van der Waals surface area contributed by atoms with E-state index < -0.39 is 6.09 Å². The first-order valence-electron chi connectivity index (χ1n) is 7.33. The average molecular weight is 332 g/mol. The van der Waals surface area contributed by atoms with Crippen molar-refractivity contribution in [3.8, 4) is 11.5 Å². The van der Waals surface area contributed by atoms with Crippen molar-refractivity contribution in [2.24, 2.45) is 0 Å². The summed E-state index contributed by atoms with van der Waals surface area (Å²) >= 11 is 0. The maximum Gasteiger partial charge on any atom is 0.411 e. The number of rotatable bonds is 6. The van der Waals surface area contributed by atoms with Crippen LogP contribution in [0.2, 0.25) is 0 Å². The molecule has 8 heteroatoms. The Morgan fingerprint density at radius 3 is 2.79 bits per heavy atom. The number of methoxy groups -OCH3 is 1. The molecule has 0 aliphatic heterocycles. The summed E-state index contributed by atoms with van der Waals surface area (Å²) in [6.07, 6.45) is -0.581. The number of nitrogen functional groups attached to an aromatic ring is 1. The highest BCUT2D eigenvalue weighted by atomic mass is 16.5. The van der Waals surface area contributed by atoms with E-state index in [0.717, 1.165) is 5.56 Å². The van der Waals surface area contributed by atoms with Crippen molar-refractivity contribution in [2.45, 2.75) is 13.5 Å². The molecule has 24 heavy (non-hydrogen) atoms. The third kappa shape index (κ3) is 4.42. The van der Waals surface area contributed by atoms with Crippen molar-refractivity contribution in [2.75, 3.05) is 30.1 Å². The lowest BCUT2D eigenvalue weighted by atomic mass is 10.2. The number of carbonyl (C=O) groups excluding carboxylic acids is 1. The standard InChI is InChI=1S/C16H20N4O4/c1-3-24-16(22)19-11-5-7-14(20-15(11)17)18-9-10-4-6-12(21)13(8-10)23-2/h4-8,21H,3,9H2,1-2H3,(H,19,22)(H3,17,18,20). The van der Waals surface area contributed by atoms with Crippen molar-refractivity contribution in [3.05, 3.63) is 35.9 Å². The van der Waals surface area contributed by atoms with Crippen LogP contribution in [0.5, 0.6) is 11.5 Å². The molecule has 0 atom stereocenters. The number of hydrogen-bond donors (Lipinski definition) is 4. The van der Waals surface area contributed by atoms with Gasteiger partial charge in [-0.3, -0.25) is 5.32 Å². The molecule has 0 saturated heterocycles. The van der Waals surface area contributed by atoms with Gasteiger partial charge in [-0.1, -0.05) is 6.07 Å². The van der Waals surface area contributed by atoms with Gasteiger partial charge in [-0.25, -0.2) is 9.78 Å². The number of amides is 1. The van der Waals surface area contributed by atoms with Crippen molar-refractivity contribution in [3.63, 3.8) is 0 Å². The number of hydrogen-bond acceptors (Lipinski definition) is 7. The summed E-state index contributed by atoms with van der Waals surface area (Å²) in [5.74, 6) is 1.21. The van der Waals surface area contributed by atoms with Gasteiger partial charge in [0.2, 0.25) is 0 Å². The summed E-state index contributed by atoms with van der Waals surface area (Å²) in [7, 11) is 1.49. The minimum atomic E-state index is -0.581. The summed E-state index contributed by atoms with van der Waals surface area (Å²) in [6, 6.07) is 8.38. The van der Waals surface area contributed by atoms with E-state index in [9.17, 15) is 9.90 Å². The highest BCUT2D eigenvalue weighted by molar-refractivity contribution is 5.88. The molecule has 2 rings (SSSR count). The van der Waals surface area contributed by atoms with Crippen LogP contribution in [-0.2, 0) is 11.3 Å². The molecule has 0 fully saturated rings. The largest absolute Gasteiger partial charge is 0.504 e. The van der Waals surface area contributed by atoms with Crippen LogP contribution in [0.25, 0.3) is 0 Å². The summed E-state index contributed by atoms with van der Waals surface area (Å²) in [5, 5.41) is 15.2. The van der Waals surface area contributed by atoms with Gasteiger partial charge in [0.15, 0.2) is 11.5 Å². The molecular formula is C16H20N4O4. The van der Waals surface area contributed by atoms with E-state index in [-0.39, 0.29) is 18.2 Å². The number of aromatic nitrogens is 1. The molecule has 0 aliphatic carbocycles. The Morgan fingerprint density at radius 1 is 1.33 bits per heavy atom. The molecule has 0 unspecified atom stereocenters. The van der Waals surface area contributed by atoms with Crippen LogP contribution in [0.3, 0.4) is 0 Å². The summed E-state index contributed by atoms with van der Waals surface area (Å²) in [6.45, 7) is 2.45. The van der Waals surface area contributed by atoms with Crippen molar-refractivity contribution >= 4 is 23.4 Å². The molecule has 1 amide bonds. The highest BCUT2D eigenvalue weighted by Crippen LogP contribution is 2.26. The van der Waals surface area contributed by atoms with Crippen LogP contribution in [0.4, 0.5) is 22.1 Å². The molecule has 1 aromatic heterocycles. The molecule has 2 aromatic rings. The SMILES string of the molecule is CCOC(=O)Nc1ccc(NCc2ccc(O)c(OC)c2)nc1N. The zero-order valence-electron chi connectivity index (χ0n) is 13.5. The van der Waals surface area contributed by atoms with Gasteiger partial charge in [-0.15, -0.1) is 0 Å². The van der Waals surface area contributed by atoms with E-state index in [1.807, 2.05) is 0 Å². The molecular weight excluding hydrogens is 312 g/mol. The third-order valence-electron chi connectivity index (χ3n) is 3.15. The molecule has 128 valence electrons. The van der Waals surface area contributed by atoms with Gasteiger partial charge < -0.3 is 25.6 Å². The van der Waals surface area contributed by atoms with E-state index in [0.29, 0.717) is 23.8 Å². The molecule has 0 radical (unpaired) electrons. The Bertz CT molecular complexity index is 721. The molecule has 0 spiro atoms. The first-order chi connectivity index (χ1) is 11.5. The van der Waals surface area contributed by atoms with E-state index >= 15 is 0 Å². The number of pyridine rings is 1. The van der Waals surface area contributed by atoms with Crippen molar-refractivity contribution in [1.29, 1.82) is 0 Å². The van der Waals surface area contributed by atoms with Crippen LogP contribution < -0.4 is 21.1 Å². The van der Waals surface area contributed by atoms with Gasteiger partial charge in [0.1, 0.15) is 11.6 Å². The van der Waals surface area contributed by atoms with E-state index in [1.54, 1.807) is 37.3 Å². The Labute approximate surface area is 139 Å². The lowest BCUT2D eigenvalue weighted by Gasteiger charge is -2.11. The maximum absolute atomic E-state index is 11.4. The highest BCUT2D eigenvalue weighted by Gasteiger charge is 2.08. The molecule has 0 aliphatic rings. The summed E-state index contributed by atoms with van der Waals surface area (Å²) in [4.78, 5) is 15.6. The van der Waals surface area contributed by atoms with Crippen LogP contribution in [0, 0.1) is 0 Å². The number of phenolic OH excluding ortho intramolecular Hbond substituents is 1. The fourth-order valence-electron chi connectivity index (χ4n) is 1.98. The van der Waals surface area contributed by atoms with E-state index in [1.165, 1.54) is 7.11 Å². The van der Waals surface area contributed by atoms with Gasteiger partial charge in [-0.05, 0) is 36.8 Å². The Hall–Kier alpha value is -3.16. The lowest BCUT2D eigenvalue weighted by Crippen LogP contribution is -2.15. The van der Waals surface area contributed by atoms with Gasteiger partial charge in [0, 0.05) is 6.54 Å². The first kappa shape index (κ1) is 17.2. The lowest BCUT2D eigenvalue weighted by molar-refractivity contribution is 0.168. The fourth-order valence-corrected chi connectivity index (χ4v) is 1.98. The number of benzene rings is 1. The average Bonchev–Trinajstić information content (AvgIpc) is 2.56. The molecule has 0 saturated carbocycles. The maximum atomic E-state index is 11.4. The number of ether oxygens (including phenoxy) is 2. The zero-order chi connectivity index (χ0) is 17.5. The predicted molar refractivity (Wildman–Crippen MR) is 91.3 cm³/mol. The van der Waals surface area contributed by atoms with E-state index in [2.05, 4.69) is 15.6 Å². The predicted octanol–water partition coefficient (Wildman–Crippen LogP) is 2.56. The number of carbonyl (C=O) groups is 1. The molecule has 1 aromatic carbocycles. The monoisotopic (exact) mass is 332 g/mol. The van der Waals surface area contributed by atoms with Gasteiger partial charge in [0.25, 0.3) is 0 Å². The van der Waals surface area contributed by atoms with Gasteiger partial charge in [-0.2, -0.15) is 0 Å². The second kappa shape index (κ2) is 7.91.